The summed E-state index contributed by atoms with van der Waals surface area (Å²) in [5, 5.41) is 14.2. The van der Waals surface area contributed by atoms with Crippen molar-refractivity contribution in [3.8, 4) is 0 Å². The molecule has 0 unspecified atom stereocenters. The summed E-state index contributed by atoms with van der Waals surface area (Å²) in [7, 11) is 0. The molecule has 5 heteroatoms. The Morgan fingerprint density at radius 1 is 1.50 bits per heavy atom. The van der Waals surface area contributed by atoms with Crippen molar-refractivity contribution in [2.24, 2.45) is 0 Å². The number of hydrogen-bond acceptors (Lipinski definition) is 3. The predicted molar refractivity (Wildman–Crippen MR) is 26.5 cm³/mol. The van der Waals surface area contributed by atoms with Gasteiger partial charge in [0.05, 0.1) is 5.94 Å². The van der Waals surface area contributed by atoms with Crippen molar-refractivity contribution >= 4 is 11.8 Å². The van der Waals surface area contributed by atoms with E-state index in [1.54, 1.807) is 0 Å². The van der Waals surface area contributed by atoms with E-state index in [0.717, 1.165) is 0 Å². The fraction of sp³-hybridized carbons (Fsp3) is 0.333. The summed E-state index contributed by atoms with van der Waals surface area (Å²) < 4.78 is 22.8. The first-order chi connectivity index (χ1) is 3.68. The van der Waals surface area contributed by atoms with Gasteiger partial charge in [0.1, 0.15) is 0 Å². The van der Waals surface area contributed by atoms with E-state index in [0.29, 0.717) is 0 Å². The maximum absolute atomic E-state index is 11.6. The monoisotopic (exact) mass is 142 g/mol. The highest BCUT2D eigenvalue weighted by molar-refractivity contribution is 8.02. The lowest BCUT2D eigenvalue weighted by molar-refractivity contribution is 0.267. The highest BCUT2D eigenvalue weighted by Gasteiger charge is 2.01. The average molecular weight is 142 g/mol. The van der Waals surface area contributed by atoms with Crippen molar-refractivity contribution < 1.29 is 19.0 Å². The fourth-order valence-corrected chi connectivity index (χ4v) is 0.349. The average Bonchev–Trinajstić information content (AvgIpc) is 1.67. The Balaban J connectivity index is 3.62. The number of aliphatic hydroxyl groups excluding tert-OH is 2. The zero-order valence-corrected chi connectivity index (χ0v) is 4.58. The summed E-state index contributed by atoms with van der Waals surface area (Å²) in [6.45, 7) is 0. The molecule has 0 saturated carbocycles. The maximum atomic E-state index is 11.6. The van der Waals surface area contributed by atoms with Crippen LogP contribution in [0.25, 0.3) is 0 Å². The van der Waals surface area contributed by atoms with Gasteiger partial charge >= 0.3 is 6.01 Å². The first-order valence-electron chi connectivity index (χ1n) is 1.66. The number of hydrogen-bond donors (Lipinski definition) is 2. The molecule has 0 radical (unpaired) electrons. The van der Waals surface area contributed by atoms with Gasteiger partial charge < -0.3 is 10.2 Å². The van der Waals surface area contributed by atoms with Crippen molar-refractivity contribution in [1.29, 1.82) is 0 Å². The molecule has 48 valence electrons. The quantitative estimate of drug-likeness (QED) is 0.451. The van der Waals surface area contributed by atoms with Crippen molar-refractivity contribution in [3.05, 3.63) is 11.2 Å². The Labute approximate surface area is 48.8 Å². The standard InChI is InChI=1S/C3H4F2O2S/c4-2(7)3(5)8-1-6/h6-7H,1H2/b3-2+. The highest BCUT2D eigenvalue weighted by Crippen LogP contribution is 2.18. The third-order valence-electron chi connectivity index (χ3n) is 0.353. The van der Waals surface area contributed by atoms with Crippen LogP contribution < -0.4 is 0 Å². The first kappa shape index (κ1) is 7.71. The van der Waals surface area contributed by atoms with E-state index in [2.05, 4.69) is 0 Å². The Morgan fingerprint density at radius 3 is 2.12 bits per heavy atom. The second-order valence-electron chi connectivity index (χ2n) is 0.838. The molecule has 0 aliphatic heterocycles. The van der Waals surface area contributed by atoms with Gasteiger partial charge in [-0.2, -0.15) is 8.78 Å². The minimum Gasteiger partial charge on any atom is -0.484 e. The summed E-state index contributed by atoms with van der Waals surface area (Å²) >= 11 is 0.183. The van der Waals surface area contributed by atoms with Crippen LogP contribution in [0, 0.1) is 0 Å². The van der Waals surface area contributed by atoms with Gasteiger partial charge in [-0.05, 0) is 0 Å². The lowest BCUT2D eigenvalue weighted by Crippen LogP contribution is -1.75. The van der Waals surface area contributed by atoms with E-state index in [1.165, 1.54) is 0 Å². The number of aliphatic hydroxyl groups is 2. The molecule has 0 aromatic rings. The molecule has 0 aliphatic rings. The van der Waals surface area contributed by atoms with E-state index < -0.39 is 17.1 Å². The van der Waals surface area contributed by atoms with Gasteiger partial charge in [-0.3, -0.25) is 0 Å². The number of halogens is 2. The normalized spacial score (nSPS) is 13.4. The second kappa shape index (κ2) is 3.68. The Morgan fingerprint density at radius 2 is 2.00 bits per heavy atom. The summed E-state index contributed by atoms with van der Waals surface area (Å²) in [4.78, 5) is 0. The summed E-state index contributed by atoms with van der Waals surface area (Å²) in [6.07, 6.45) is 0. The van der Waals surface area contributed by atoms with Crippen LogP contribution in [-0.4, -0.2) is 16.2 Å². The van der Waals surface area contributed by atoms with Crippen molar-refractivity contribution in [3.63, 3.8) is 0 Å². The minimum atomic E-state index is -1.89. The van der Waals surface area contributed by atoms with Gasteiger partial charge in [0.15, 0.2) is 0 Å². The number of thioether (sulfide) groups is 1. The molecular formula is C3H4F2O2S. The Hall–Kier alpha value is -0.290. The van der Waals surface area contributed by atoms with E-state index in [4.69, 9.17) is 10.2 Å². The lowest BCUT2D eigenvalue weighted by Gasteiger charge is -1.88. The molecular weight excluding hydrogens is 138 g/mol. The van der Waals surface area contributed by atoms with Gasteiger partial charge in [0.25, 0.3) is 0 Å². The number of rotatable bonds is 2. The Bertz CT molecular complexity index is 99.5. The molecule has 0 rings (SSSR count). The van der Waals surface area contributed by atoms with Crippen LogP contribution in [0.4, 0.5) is 8.78 Å². The van der Waals surface area contributed by atoms with Crippen LogP contribution >= 0.6 is 11.8 Å². The van der Waals surface area contributed by atoms with Crippen LogP contribution in [-0.2, 0) is 0 Å². The largest absolute Gasteiger partial charge is 0.484 e. The first-order valence-corrected chi connectivity index (χ1v) is 2.65. The van der Waals surface area contributed by atoms with Gasteiger partial charge in [0.2, 0.25) is 5.16 Å². The molecule has 0 aromatic carbocycles. The minimum absolute atomic E-state index is 0.183. The molecule has 2 N–H and O–H groups in total. The van der Waals surface area contributed by atoms with Gasteiger partial charge in [-0.15, -0.1) is 0 Å². The van der Waals surface area contributed by atoms with Gasteiger partial charge in [0, 0.05) is 0 Å². The summed E-state index contributed by atoms with van der Waals surface area (Å²) in [5.74, 6) is -0.584. The third-order valence-corrected chi connectivity index (χ3v) is 0.904. The highest BCUT2D eigenvalue weighted by atomic mass is 32.2. The smallest absolute Gasteiger partial charge is 0.313 e. The lowest BCUT2D eigenvalue weighted by atomic mass is 11.0. The zero-order valence-electron chi connectivity index (χ0n) is 3.77. The molecule has 0 bridgehead atoms. The van der Waals surface area contributed by atoms with E-state index >= 15 is 0 Å². The van der Waals surface area contributed by atoms with Crippen molar-refractivity contribution in [2.45, 2.75) is 0 Å². The third kappa shape index (κ3) is 2.81. The molecule has 8 heavy (non-hydrogen) atoms. The molecule has 0 aliphatic carbocycles. The molecule has 0 heterocycles. The Kier molecular flexibility index (Phi) is 3.55. The van der Waals surface area contributed by atoms with E-state index in [-0.39, 0.29) is 11.8 Å². The van der Waals surface area contributed by atoms with Crippen molar-refractivity contribution in [2.75, 3.05) is 5.94 Å². The van der Waals surface area contributed by atoms with E-state index in [1.807, 2.05) is 0 Å². The van der Waals surface area contributed by atoms with Crippen molar-refractivity contribution in [1.82, 2.24) is 0 Å². The van der Waals surface area contributed by atoms with Crippen LogP contribution in [0.15, 0.2) is 11.2 Å². The molecule has 0 amide bonds. The van der Waals surface area contributed by atoms with Gasteiger partial charge in [-0.1, -0.05) is 11.8 Å². The maximum Gasteiger partial charge on any atom is 0.313 e. The fourth-order valence-electron chi connectivity index (χ4n) is 0.116. The van der Waals surface area contributed by atoms with E-state index in [9.17, 15) is 8.78 Å². The topological polar surface area (TPSA) is 40.5 Å². The zero-order chi connectivity index (χ0) is 6.57. The SMILES string of the molecule is OCS/C(F)=C(/O)F. The molecule has 0 spiro atoms. The molecule has 2 nitrogen and oxygen atoms in total. The molecule has 0 atom stereocenters. The van der Waals surface area contributed by atoms with Crippen LogP contribution in [0.2, 0.25) is 0 Å². The predicted octanol–water partition coefficient (Wildman–Crippen LogP) is 1.29. The molecule has 0 fully saturated rings. The summed E-state index contributed by atoms with van der Waals surface area (Å²) in [6, 6.07) is -1.89. The second-order valence-corrected chi connectivity index (χ2v) is 1.74. The van der Waals surface area contributed by atoms with Gasteiger partial charge in [-0.25, -0.2) is 0 Å². The van der Waals surface area contributed by atoms with Crippen LogP contribution in [0.3, 0.4) is 0 Å². The van der Waals surface area contributed by atoms with Crippen LogP contribution in [0.5, 0.6) is 0 Å². The van der Waals surface area contributed by atoms with Crippen LogP contribution in [0.1, 0.15) is 0 Å². The molecule has 0 saturated heterocycles. The molecule has 0 aromatic heterocycles. The summed E-state index contributed by atoms with van der Waals surface area (Å²) in [5.41, 5.74) is 0.